The van der Waals surface area contributed by atoms with Gasteiger partial charge in [-0.25, -0.2) is 0 Å². The predicted molar refractivity (Wildman–Crippen MR) is 88.1 cm³/mol. The van der Waals surface area contributed by atoms with Gasteiger partial charge in [0.2, 0.25) is 0 Å². The molecule has 1 N–H and O–H groups in total. The average Bonchev–Trinajstić information content (AvgIpc) is 2.46. The lowest BCUT2D eigenvalue weighted by molar-refractivity contribution is 0.264. The van der Waals surface area contributed by atoms with E-state index in [0.29, 0.717) is 12.1 Å². The van der Waals surface area contributed by atoms with Crippen molar-refractivity contribution in [1.29, 1.82) is 0 Å². The summed E-state index contributed by atoms with van der Waals surface area (Å²) < 4.78 is 0. The zero-order chi connectivity index (χ0) is 14.4. The highest BCUT2D eigenvalue weighted by atomic mass is 14.9. The Balaban J connectivity index is 1.73. The van der Waals surface area contributed by atoms with Crippen molar-refractivity contribution in [3.63, 3.8) is 0 Å². The molecule has 2 unspecified atom stereocenters. The second-order valence-corrected chi connectivity index (χ2v) is 6.78. The third-order valence-electron chi connectivity index (χ3n) is 4.85. The summed E-state index contributed by atoms with van der Waals surface area (Å²) in [6.45, 7) is 6.91. The van der Waals surface area contributed by atoms with E-state index in [9.17, 15) is 0 Å². The molecule has 112 valence electrons. The maximum atomic E-state index is 3.83. The maximum Gasteiger partial charge on any atom is 0.00694 e. The third-order valence-corrected chi connectivity index (χ3v) is 4.85. The van der Waals surface area contributed by atoms with E-state index in [1.54, 1.807) is 0 Å². The quantitative estimate of drug-likeness (QED) is 0.779. The number of hydrogen-bond donors (Lipinski definition) is 1. The number of benzene rings is 1. The van der Waals surface area contributed by atoms with Crippen molar-refractivity contribution in [2.24, 2.45) is 5.92 Å². The molecule has 1 fully saturated rings. The molecule has 2 rings (SSSR count). The second-order valence-electron chi connectivity index (χ2n) is 6.78. The van der Waals surface area contributed by atoms with Crippen molar-refractivity contribution in [3.05, 3.63) is 35.4 Å². The van der Waals surface area contributed by atoms with E-state index in [2.05, 4.69) is 50.4 Å². The van der Waals surface area contributed by atoms with Crippen molar-refractivity contribution in [2.75, 3.05) is 0 Å². The highest BCUT2D eigenvalue weighted by molar-refractivity contribution is 5.22. The first-order valence-electron chi connectivity index (χ1n) is 8.47. The normalized spacial score (nSPS) is 19.8. The van der Waals surface area contributed by atoms with Gasteiger partial charge in [0.25, 0.3) is 0 Å². The summed E-state index contributed by atoms with van der Waals surface area (Å²) in [5.74, 6) is 0.908. The Morgan fingerprint density at radius 1 is 1.15 bits per heavy atom. The van der Waals surface area contributed by atoms with Gasteiger partial charge < -0.3 is 5.32 Å². The van der Waals surface area contributed by atoms with Gasteiger partial charge >= 0.3 is 0 Å². The van der Waals surface area contributed by atoms with Crippen LogP contribution in [0.15, 0.2) is 24.3 Å². The predicted octanol–water partition coefficient (Wildman–Crippen LogP) is 4.87. The highest BCUT2D eigenvalue weighted by Gasteiger charge is 2.20. The molecule has 1 aliphatic carbocycles. The fourth-order valence-corrected chi connectivity index (χ4v) is 3.55. The van der Waals surface area contributed by atoms with Crippen molar-refractivity contribution in [3.8, 4) is 0 Å². The molecule has 0 aliphatic heterocycles. The molecule has 0 heterocycles. The monoisotopic (exact) mass is 273 g/mol. The van der Waals surface area contributed by atoms with Crippen LogP contribution < -0.4 is 5.32 Å². The Kier molecular flexibility index (Phi) is 6.09. The van der Waals surface area contributed by atoms with Gasteiger partial charge in [0, 0.05) is 12.1 Å². The zero-order valence-corrected chi connectivity index (χ0v) is 13.5. The molecule has 0 aromatic heterocycles. The van der Waals surface area contributed by atoms with Crippen molar-refractivity contribution < 1.29 is 0 Å². The summed E-state index contributed by atoms with van der Waals surface area (Å²) in [5.41, 5.74) is 2.85. The summed E-state index contributed by atoms with van der Waals surface area (Å²) in [6.07, 6.45) is 9.61. The molecule has 1 nitrogen and oxygen atoms in total. The van der Waals surface area contributed by atoms with Crippen LogP contribution in [0.2, 0.25) is 0 Å². The van der Waals surface area contributed by atoms with E-state index in [4.69, 9.17) is 0 Å². The number of nitrogens with one attached hydrogen (secondary N) is 1. The lowest BCUT2D eigenvalue weighted by Gasteiger charge is -2.30. The van der Waals surface area contributed by atoms with E-state index in [0.717, 1.165) is 5.92 Å². The molecule has 0 radical (unpaired) electrons. The average molecular weight is 273 g/mol. The molecule has 1 aromatic carbocycles. The lowest BCUT2D eigenvalue weighted by Crippen LogP contribution is -2.40. The van der Waals surface area contributed by atoms with Gasteiger partial charge in [-0.2, -0.15) is 0 Å². The summed E-state index contributed by atoms with van der Waals surface area (Å²) in [6, 6.07) is 10.2. The van der Waals surface area contributed by atoms with Crippen LogP contribution in [0.25, 0.3) is 0 Å². The molecule has 0 bridgehead atoms. The van der Waals surface area contributed by atoms with Crippen LogP contribution in [0.5, 0.6) is 0 Å². The Labute approximate surface area is 125 Å². The molecular formula is C19H31N. The molecule has 1 heteroatoms. The first-order chi connectivity index (χ1) is 9.65. The summed E-state index contributed by atoms with van der Waals surface area (Å²) in [5, 5.41) is 3.83. The van der Waals surface area contributed by atoms with Gasteiger partial charge in [-0.15, -0.1) is 0 Å². The smallest absolute Gasteiger partial charge is 0.00694 e. The molecular weight excluding hydrogens is 242 g/mol. The van der Waals surface area contributed by atoms with Gasteiger partial charge in [0.15, 0.2) is 0 Å². The van der Waals surface area contributed by atoms with E-state index < -0.39 is 0 Å². The van der Waals surface area contributed by atoms with Crippen LogP contribution in [0.1, 0.15) is 63.5 Å². The molecule has 2 atom stereocenters. The molecule has 0 saturated heterocycles. The molecule has 1 saturated carbocycles. The minimum absolute atomic E-state index is 0.618. The number of hydrogen-bond acceptors (Lipinski definition) is 1. The largest absolute Gasteiger partial charge is 0.311 e. The van der Waals surface area contributed by atoms with Gasteiger partial charge in [-0.05, 0) is 57.9 Å². The molecule has 20 heavy (non-hydrogen) atoms. The van der Waals surface area contributed by atoms with Crippen LogP contribution in [0.3, 0.4) is 0 Å². The molecule has 0 spiro atoms. The molecule has 1 aromatic rings. The molecule has 0 amide bonds. The van der Waals surface area contributed by atoms with Gasteiger partial charge in [-0.3, -0.25) is 0 Å². The number of rotatable bonds is 6. The summed E-state index contributed by atoms with van der Waals surface area (Å²) >= 11 is 0. The van der Waals surface area contributed by atoms with E-state index in [1.165, 1.54) is 56.1 Å². The fourth-order valence-electron chi connectivity index (χ4n) is 3.55. The summed E-state index contributed by atoms with van der Waals surface area (Å²) in [4.78, 5) is 0. The van der Waals surface area contributed by atoms with Crippen molar-refractivity contribution >= 4 is 0 Å². The topological polar surface area (TPSA) is 12.0 Å². The fraction of sp³-hybridized carbons (Fsp3) is 0.684. The first-order valence-corrected chi connectivity index (χ1v) is 8.47. The standard InChI is InChI=1S/C19H31N/c1-15-8-7-9-18(14-15)13-12-16(2)20-17(3)19-10-5-4-6-11-19/h7-9,14,16-17,19-20H,4-6,10-13H2,1-3H3. The Morgan fingerprint density at radius 3 is 2.60 bits per heavy atom. The SMILES string of the molecule is Cc1cccc(CCC(C)NC(C)C2CCCCC2)c1. The van der Waals surface area contributed by atoms with Crippen LogP contribution in [0.4, 0.5) is 0 Å². The first kappa shape index (κ1) is 15.6. The van der Waals surface area contributed by atoms with Crippen LogP contribution in [0, 0.1) is 12.8 Å². The zero-order valence-electron chi connectivity index (χ0n) is 13.5. The highest BCUT2D eigenvalue weighted by Crippen LogP contribution is 2.26. The van der Waals surface area contributed by atoms with Crippen molar-refractivity contribution in [2.45, 2.75) is 77.8 Å². The van der Waals surface area contributed by atoms with Crippen LogP contribution in [-0.2, 0) is 6.42 Å². The Morgan fingerprint density at radius 2 is 1.90 bits per heavy atom. The van der Waals surface area contributed by atoms with Gasteiger partial charge in [0.1, 0.15) is 0 Å². The van der Waals surface area contributed by atoms with Crippen LogP contribution in [-0.4, -0.2) is 12.1 Å². The van der Waals surface area contributed by atoms with E-state index >= 15 is 0 Å². The number of aryl methyl sites for hydroxylation is 2. The van der Waals surface area contributed by atoms with E-state index in [-0.39, 0.29) is 0 Å². The Hall–Kier alpha value is -0.820. The second kappa shape index (κ2) is 7.83. The van der Waals surface area contributed by atoms with Gasteiger partial charge in [0.05, 0.1) is 0 Å². The molecule has 1 aliphatic rings. The summed E-state index contributed by atoms with van der Waals surface area (Å²) in [7, 11) is 0. The van der Waals surface area contributed by atoms with Crippen molar-refractivity contribution in [1.82, 2.24) is 5.32 Å². The minimum Gasteiger partial charge on any atom is -0.311 e. The Bertz CT molecular complexity index is 393. The maximum absolute atomic E-state index is 3.83. The van der Waals surface area contributed by atoms with E-state index in [1.807, 2.05) is 0 Å². The van der Waals surface area contributed by atoms with Crippen LogP contribution >= 0.6 is 0 Å². The lowest BCUT2D eigenvalue weighted by atomic mass is 9.84. The third kappa shape index (κ3) is 4.94. The van der Waals surface area contributed by atoms with Gasteiger partial charge in [-0.1, -0.05) is 49.1 Å². The minimum atomic E-state index is 0.618.